The van der Waals surface area contributed by atoms with Gasteiger partial charge in [0.05, 0.1) is 6.26 Å². The lowest BCUT2D eigenvalue weighted by Gasteiger charge is -2.12. The number of benzene rings is 2. The average Bonchev–Trinajstić information content (AvgIpc) is 3.15. The zero-order valence-corrected chi connectivity index (χ0v) is 13.8. The molecule has 3 aromatic rings. The highest BCUT2D eigenvalue weighted by Crippen LogP contribution is 2.20. The van der Waals surface area contributed by atoms with Gasteiger partial charge < -0.3 is 14.6 Å². The molecule has 0 fully saturated rings. The van der Waals surface area contributed by atoms with Crippen LogP contribution in [-0.4, -0.2) is 20.0 Å². The van der Waals surface area contributed by atoms with Crippen molar-refractivity contribution >= 4 is 11.6 Å². The summed E-state index contributed by atoms with van der Waals surface area (Å²) in [6, 6.07) is 19.3. The van der Waals surface area contributed by atoms with Crippen LogP contribution in [0.2, 0.25) is 0 Å². The SMILES string of the molecule is CN(C)c1ccc(C(=O)NCc2cccc(-c3ccco3)c2)cc1. The quantitative estimate of drug-likeness (QED) is 0.774. The Morgan fingerprint density at radius 3 is 2.50 bits per heavy atom. The maximum Gasteiger partial charge on any atom is 0.251 e. The Morgan fingerprint density at radius 1 is 1.04 bits per heavy atom. The Bertz CT molecular complexity index is 806. The smallest absolute Gasteiger partial charge is 0.251 e. The van der Waals surface area contributed by atoms with E-state index in [0.717, 1.165) is 22.6 Å². The van der Waals surface area contributed by atoms with Gasteiger partial charge in [0.15, 0.2) is 0 Å². The highest BCUT2D eigenvalue weighted by molar-refractivity contribution is 5.94. The topological polar surface area (TPSA) is 45.5 Å². The van der Waals surface area contributed by atoms with Gasteiger partial charge in [0.1, 0.15) is 5.76 Å². The van der Waals surface area contributed by atoms with Crippen LogP contribution in [0, 0.1) is 0 Å². The van der Waals surface area contributed by atoms with Gasteiger partial charge in [-0.15, -0.1) is 0 Å². The monoisotopic (exact) mass is 320 g/mol. The Kier molecular flexibility index (Phi) is 4.66. The molecule has 0 aliphatic rings. The molecular formula is C20H20N2O2. The molecule has 0 aliphatic heterocycles. The van der Waals surface area contributed by atoms with Gasteiger partial charge >= 0.3 is 0 Å². The standard InChI is InChI=1S/C20H20N2O2/c1-22(2)18-10-8-16(9-11-18)20(23)21-14-15-5-3-6-17(13-15)19-7-4-12-24-19/h3-13H,14H2,1-2H3,(H,21,23). The molecule has 0 saturated heterocycles. The fourth-order valence-electron chi connectivity index (χ4n) is 2.47. The maximum absolute atomic E-state index is 12.3. The summed E-state index contributed by atoms with van der Waals surface area (Å²) in [5, 5.41) is 2.95. The van der Waals surface area contributed by atoms with Gasteiger partial charge in [-0.05, 0) is 48.0 Å². The fraction of sp³-hybridized carbons (Fsp3) is 0.150. The van der Waals surface area contributed by atoms with E-state index in [1.54, 1.807) is 6.26 Å². The van der Waals surface area contributed by atoms with Crippen LogP contribution >= 0.6 is 0 Å². The van der Waals surface area contributed by atoms with E-state index in [4.69, 9.17) is 4.42 Å². The number of anilines is 1. The van der Waals surface area contributed by atoms with E-state index in [0.29, 0.717) is 12.1 Å². The predicted molar refractivity (Wildman–Crippen MR) is 96.1 cm³/mol. The van der Waals surface area contributed by atoms with Gasteiger partial charge in [0.2, 0.25) is 0 Å². The first-order valence-electron chi connectivity index (χ1n) is 7.82. The second-order valence-electron chi connectivity index (χ2n) is 5.80. The Morgan fingerprint density at radius 2 is 1.83 bits per heavy atom. The number of rotatable bonds is 5. The summed E-state index contributed by atoms with van der Waals surface area (Å²) in [4.78, 5) is 14.3. The third kappa shape index (κ3) is 3.66. The number of nitrogens with zero attached hydrogens (tertiary/aromatic N) is 1. The van der Waals surface area contributed by atoms with Gasteiger partial charge in [-0.3, -0.25) is 4.79 Å². The van der Waals surface area contributed by atoms with E-state index in [2.05, 4.69) is 5.32 Å². The number of nitrogens with one attached hydrogen (secondary N) is 1. The number of carbonyl (C=O) groups is 1. The van der Waals surface area contributed by atoms with Crippen molar-refractivity contribution in [3.8, 4) is 11.3 Å². The number of hydrogen-bond acceptors (Lipinski definition) is 3. The molecule has 0 radical (unpaired) electrons. The van der Waals surface area contributed by atoms with E-state index in [1.807, 2.05) is 79.7 Å². The minimum Gasteiger partial charge on any atom is -0.464 e. The lowest BCUT2D eigenvalue weighted by Crippen LogP contribution is -2.22. The third-order valence-electron chi connectivity index (χ3n) is 3.83. The van der Waals surface area contributed by atoms with E-state index in [9.17, 15) is 4.79 Å². The molecule has 1 N–H and O–H groups in total. The van der Waals surface area contributed by atoms with Crippen molar-refractivity contribution in [2.75, 3.05) is 19.0 Å². The lowest BCUT2D eigenvalue weighted by atomic mass is 10.1. The summed E-state index contributed by atoms with van der Waals surface area (Å²) >= 11 is 0. The summed E-state index contributed by atoms with van der Waals surface area (Å²) in [5.41, 5.74) is 3.75. The van der Waals surface area contributed by atoms with Gasteiger partial charge in [-0.1, -0.05) is 18.2 Å². The summed E-state index contributed by atoms with van der Waals surface area (Å²) < 4.78 is 5.41. The summed E-state index contributed by atoms with van der Waals surface area (Å²) in [5.74, 6) is 0.742. The predicted octanol–water partition coefficient (Wildman–Crippen LogP) is 3.94. The van der Waals surface area contributed by atoms with Crippen molar-refractivity contribution in [3.05, 3.63) is 78.1 Å². The van der Waals surface area contributed by atoms with Gasteiger partial charge in [-0.2, -0.15) is 0 Å². The fourth-order valence-corrected chi connectivity index (χ4v) is 2.47. The number of amides is 1. The molecule has 1 aromatic heterocycles. The molecule has 2 aromatic carbocycles. The van der Waals surface area contributed by atoms with Crippen molar-refractivity contribution in [3.63, 3.8) is 0 Å². The largest absolute Gasteiger partial charge is 0.464 e. The molecule has 0 aliphatic carbocycles. The molecular weight excluding hydrogens is 300 g/mol. The Hall–Kier alpha value is -3.01. The molecule has 1 heterocycles. The van der Waals surface area contributed by atoms with E-state index in [-0.39, 0.29) is 5.91 Å². The van der Waals surface area contributed by atoms with Crippen molar-refractivity contribution < 1.29 is 9.21 Å². The molecule has 0 spiro atoms. The van der Waals surface area contributed by atoms with Crippen LogP contribution in [-0.2, 0) is 6.54 Å². The molecule has 3 rings (SSSR count). The second kappa shape index (κ2) is 7.04. The Balaban J connectivity index is 1.65. The van der Waals surface area contributed by atoms with Crippen LogP contribution in [0.15, 0.2) is 71.3 Å². The highest BCUT2D eigenvalue weighted by atomic mass is 16.3. The molecule has 122 valence electrons. The molecule has 24 heavy (non-hydrogen) atoms. The first kappa shape index (κ1) is 15.9. The molecule has 0 saturated carbocycles. The molecule has 0 bridgehead atoms. The van der Waals surface area contributed by atoms with Crippen LogP contribution in [0.25, 0.3) is 11.3 Å². The van der Waals surface area contributed by atoms with E-state index < -0.39 is 0 Å². The van der Waals surface area contributed by atoms with Gasteiger partial charge in [-0.25, -0.2) is 0 Å². The van der Waals surface area contributed by atoms with Crippen molar-refractivity contribution in [2.24, 2.45) is 0 Å². The van der Waals surface area contributed by atoms with E-state index >= 15 is 0 Å². The first-order chi connectivity index (χ1) is 11.6. The highest BCUT2D eigenvalue weighted by Gasteiger charge is 2.07. The van der Waals surface area contributed by atoms with Crippen molar-refractivity contribution in [1.29, 1.82) is 0 Å². The number of carbonyl (C=O) groups excluding carboxylic acids is 1. The molecule has 1 amide bonds. The molecule has 4 nitrogen and oxygen atoms in total. The van der Waals surface area contributed by atoms with Crippen LogP contribution in [0.1, 0.15) is 15.9 Å². The van der Waals surface area contributed by atoms with E-state index in [1.165, 1.54) is 0 Å². The third-order valence-corrected chi connectivity index (χ3v) is 3.83. The lowest BCUT2D eigenvalue weighted by molar-refractivity contribution is 0.0951. The van der Waals surface area contributed by atoms with Gasteiger partial charge in [0, 0.05) is 37.5 Å². The average molecular weight is 320 g/mol. The first-order valence-corrected chi connectivity index (χ1v) is 7.82. The molecule has 0 unspecified atom stereocenters. The zero-order valence-electron chi connectivity index (χ0n) is 13.8. The maximum atomic E-state index is 12.3. The Labute approximate surface area is 141 Å². The minimum atomic E-state index is -0.0799. The summed E-state index contributed by atoms with van der Waals surface area (Å²) in [6.07, 6.45) is 1.65. The minimum absolute atomic E-state index is 0.0799. The molecule has 4 heteroatoms. The summed E-state index contributed by atoms with van der Waals surface area (Å²) in [7, 11) is 3.95. The normalized spacial score (nSPS) is 10.4. The van der Waals surface area contributed by atoms with Crippen LogP contribution < -0.4 is 10.2 Å². The van der Waals surface area contributed by atoms with Crippen molar-refractivity contribution in [1.82, 2.24) is 5.32 Å². The van der Waals surface area contributed by atoms with Crippen molar-refractivity contribution in [2.45, 2.75) is 6.54 Å². The van der Waals surface area contributed by atoms with Crippen LogP contribution in [0.4, 0.5) is 5.69 Å². The summed E-state index contributed by atoms with van der Waals surface area (Å²) in [6.45, 7) is 0.475. The number of furan rings is 1. The van der Waals surface area contributed by atoms with Gasteiger partial charge in [0.25, 0.3) is 5.91 Å². The van der Waals surface area contributed by atoms with Crippen LogP contribution in [0.3, 0.4) is 0 Å². The number of hydrogen-bond donors (Lipinski definition) is 1. The molecule has 0 atom stereocenters. The second-order valence-corrected chi connectivity index (χ2v) is 5.80. The van der Waals surface area contributed by atoms with Crippen LogP contribution in [0.5, 0.6) is 0 Å². The zero-order chi connectivity index (χ0) is 16.9.